The van der Waals surface area contributed by atoms with Gasteiger partial charge in [-0.3, -0.25) is 4.79 Å². The van der Waals surface area contributed by atoms with Gasteiger partial charge in [0.2, 0.25) is 0 Å². The third kappa shape index (κ3) is 2.18. The van der Waals surface area contributed by atoms with Crippen LogP contribution in [0, 0.1) is 0 Å². The van der Waals surface area contributed by atoms with E-state index in [1.807, 2.05) is 12.2 Å². The summed E-state index contributed by atoms with van der Waals surface area (Å²) in [5, 5.41) is 8.26. The number of carboxylic acids is 1. The van der Waals surface area contributed by atoms with Crippen LogP contribution in [0.1, 0.15) is 12.8 Å². The second-order valence-electron chi connectivity index (χ2n) is 2.15. The van der Waals surface area contributed by atoms with E-state index in [0.29, 0.717) is 6.42 Å². The summed E-state index contributed by atoms with van der Waals surface area (Å²) in [6, 6.07) is 0. The molecule has 0 unspecified atom stereocenters. The van der Waals surface area contributed by atoms with Crippen molar-refractivity contribution in [1.82, 2.24) is 0 Å². The third-order valence-electron chi connectivity index (χ3n) is 1.25. The topological polar surface area (TPSA) is 37.3 Å². The quantitative estimate of drug-likeness (QED) is 0.542. The van der Waals surface area contributed by atoms with Crippen LogP contribution in [0.25, 0.3) is 0 Å². The van der Waals surface area contributed by atoms with Gasteiger partial charge in [-0.25, -0.2) is 0 Å². The Hall–Kier alpha value is -0.310. The Morgan fingerprint density at radius 1 is 1.67 bits per heavy atom. The van der Waals surface area contributed by atoms with Crippen molar-refractivity contribution >= 4 is 21.9 Å². The van der Waals surface area contributed by atoms with Gasteiger partial charge in [0, 0.05) is 6.42 Å². The van der Waals surface area contributed by atoms with Crippen LogP contribution in [0.2, 0.25) is 0 Å². The predicted octanol–water partition coefficient (Wildman–Crippen LogP) is 1.55. The van der Waals surface area contributed by atoms with Gasteiger partial charge in [-0.05, 0) is 6.42 Å². The average molecular weight is 191 g/mol. The Bertz CT molecular complexity index is 156. The number of allylic oxidation sites excluding steroid dienone is 2. The van der Waals surface area contributed by atoms with E-state index in [1.165, 1.54) is 0 Å². The Balaban J connectivity index is 2.13. The van der Waals surface area contributed by atoms with Crippen LogP contribution in [-0.4, -0.2) is 15.4 Å². The van der Waals surface area contributed by atoms with Crippen LogP contribution < -0.4 is 0 Å². The van der Waals surface area contributed by atoms with Crippen LogP contribution in [0.5, 0.6) is 0 Å². The van der Waals surface area contributed by atoms with Gasteiger partial charge >= 0.3 is 5.97 Å². The lowest BCUT2D eigenvalue weighted by molar-refractivity contribution is -0.137. The summed E-state index contributed by atoms with van der Waals surface area (Å²) in [5.41, 5.74) is 0. The first-order valence-electron chi connectivity index (χ1n) is 2.73. The van der Waals surface area contributed by atoms with Gasteiger partial charge in [0.05, 0.1) is 4.32 Å². The summed E-state index contributed by atoms with van der Waals surface area (Å²) < 4.78 is -0.0363. The molecule has 0 amide bonds. The van der Waals surface area contributed by atoms with Crippen molar-refractivity contribution in [1.29, 1.82) is 0 Å². The Labute approximate surface area is 61.7 Å². The zero-order chi connectivity index (χ0) is 6.91. The molecule has 0 aromatic rings. The standard InChI is InChI=1S/C6H7BrO2/c7-6(3-4-6)2-1-5(8)9/h3-4H,1-2H2,(H,8,9). The highest BCUT2D eigenvalue weighted by molar-refractivity contribution is 9.10. The van der Waals surface area contributed by atoms with Crippen molar-refractivity contribution in [2.75, 3.05) is 0 Å². The van der Waals surface area contributed by atoms with Gasteiger partial charge in [-0.1, -0.05) is 28.1 Å². The van der Waals surface area contributed by atoms with Crippen LogP contribution >= 0.6 is 15.9 Å². The van der Waals surface area contributed by atoms with Crippen LogP contribution in [-0.2, 0) is 4.79 Å². The Morgan fingerprint density at radius 3 is 2.56 bits per heavy atom. The first-order valence-corrected chi connectivity index (χ1v) is 3.53. The SMILES string of the molecule is O=C(O)CCC1(Br)C=C1. The third-order valence-corrected chi connectivity index (χ3v) is 2.18. The zero-order valence-electron chi connectivity index (χ0n) is 4.80. The second-order valence-corrected chi connectivity index (χ2v) is 3.63. The average Bonchev–Trinajstić information content (AvgIpc) is 2.45. The maximum atomic E-state index is 10.0. The highest BCUT2D eigenvalue weighted by Gasteiger charge is 2.30. The lowest BCUT2D eigenvalue weighted by Gasteiger charge is -2.01. The molecule has 50 valence electrons. The number of carbonyl (C=O) groups is 1. The molecule has 0 aliphatic heterocycles. The molecule has 0 spiro atoms. The molecule has 1 aliphatic rings. The minimum Gasteiger partial charge on any atom is -0.481 e. The summed E-state index contributed by atoms with van der Waals surface area (Å²) in [6.07, 6.45) is 4.81. The summed E-state index contributed by atoms with van der Waals surface area (Å²) in [7, 11) is 0. The fourth-order valence-corrected chi connectivity index (χ4v) is 0.886. The molecule has 0 aromatic carbocycles. The first kappa shape index (κ1) is 6.81. The van der Waals surface area contributed by atoms with Crippen LogP contribution in [0.4, 0.5) is 0 Å². The van der Waals surface area contributed by atoms with Crippen LogP contribution in [0.15, 0.2) is 12.2 Å². The molecule has 9 heavy (non-hydrogen) atoms. The van der Waals surface area contributed by atoms with E-state index in [1.54, 1.807) is 0 Å². The van der Waals surface area contributed by atoms with Gasteiger partial charge in [0.25, 0.3) is 0 Å². The van der Waals surface area contributed by atoms with Gasteiger partial charge in [-0.2, -0.15) is 0 Å². The second kappa shape index (κ2) is 2.14. The minimum atomic E-state index is -0.734. The van der Waals surface area contributed by atoms with E-state index < -0.39 is 5.97 Å². The molecule has 0 fully saturated rings. The molecule has 0 bridgehead atoms. The fourth-order valence-electron chi connectivity index (χ4n) is 0.556. The number of rotatable bonds is 3. The van der Waals surface area contributed by atoms with Gasteiger partial charge in [-0.15, -0.1) is 0 Å². The van der Waals surface area contributed by atoms with E-state index in [9.17, 15) is 4.79 Å². The molecule has 0 heterocycles. The number of hydrogen-bond donors (Lipinski definition) is 1. The van der Waals surface area contributed by atoms with Crippen molar-refractivity contribution in [2.45, 2.75) is 17.2 Å². The normalized spacial score (nSPS) is 19.7. The molecule has 0 saturated carbocycles. The number of halogens is 1. The minimum absolute atomic E-state index is 0.0363. The summed E-state index contributed by atoms with van der Waals surface area (Å²) in [4.78, 5) is 10.0. The molecule has 1 N–H and O–H groups in total. The summed E-state index contributed by atoms with van der Waals surface area (Å²) in [6.45, 7) is 0. The van der Waals surface area contributed by atoms with Gasteiger partial charge in [0.1, 0.15) is 0 Å². The number of carboxylic acid groups (broad SMARTS) is 1. The monoisotopic (exact) mass is 190 g/mol. The fraction of sp³-hybridized carbons (Fsp3) is 0.500. The molecule has 0 aromatic heterocycles. The Kier molecular flexibility index (Phi) is 1.62. The predicted molar refractivity (Wildman–Crippen MR) is 37.7 cm³/mol. The van der Waals surface area contributed by atoms with Crippen LogP contribution in [0.3, 0.4) is 0 Å². The highest BCUT2D eigenvalue weighted by Crippen LogP contribution is 2.38. The maximum Gasteiger partial charge on any atom is 0.303 e. The molecule has 0 atom stereocenters. The van der Waals surface area contributed by atoms with E-state index in [2.05, 4.69) is 15.9 Å². The largest absolute Gasteiger partial charge is 0.481 e. The van der Waals surface area contributed by atoms with Crippen molar-refractivity contribution in [3.8, 4) is 0 Å². The zero-order valence-corrected chi connectivity index (χ0v) is 6.39. The first-order chi connectivity index (χ1) is 4.12. The summed E-state index contributed by atoms with van der Waals surface area (Å²) >= 11 is 3.34. The van der Waals surface area contributed by atoms with Crippen molar-refractivity contribution in [3.05, 3.63) is 12.2 Å². The van der Waals surface area contributed by atoms with Crippen molar-refractivity contribution in [3.63, 3.8) is 0 Å². The molecule has 1 aliphatic carbocycles. The van der Waals surface area contributed by atoms with Crippen molar-refractivity contribution < 1.29 is 9.90 Å². The molecule has 3 heteroatoms. The molecule has 0 radical (unpaired) electrons. The summed E-state index contributed by atoms with van der Waals surface area (Å²) in [5.74, 6) is -0.734. The number of alkyl halides is 1. The smallest absolute Gasteiger partial charge is 0.303 e. The highest BCUT2D eigenvalue weighted by atomic mass is 79.9. The van der Waals surface area contributed by atoms with Gasteiger partial charge < -0.3 is 5.11 Å². The molecule has 0 saturated heterocycles. The maximum absolute atomic E-state index is 10.0. The van der Waals surface area contributed by atoms with E-state index in [4.69, 9.17) is 5.11 Å². The lowest BCUT2D eigenvalue weighted by Crippen LogP contribution is -2.03. The molecule has 1 rings (SSSR count). The van der Waals surface area contributed by atoms with E-state index >= 15 is 0 Å². The Morgan fingerprint density at radius 2 is 2.22 bits per heavy atom. The molecular formula is C6H7BrO2. The number of aliphatic carboxylic acids is 1. The van der Waals surface area contributed by atoms with E-state index in [-0.39, 0.29) is 10.7 Å². The van der Waals surface area contributed by atoms with Crippen molar-refractivity contribution in [2.24, 2.45) is 0 Å². The lowest BCUT2D eigenvalue weighted by atomic mass is 10.2. The number of hydrogen-bond acceptors (Lipinski definition) is 1. The molecular weight excluding hydrogens is 184 g/mol. The van der Waals surface area contributed by atoms with E-state index in [0.717, 1.165) is 0 Å². The van der Waals surface area contributed by atoms with Gasteiger partial charge in [0.15, 0.2) is 0 Å². The molecule has 2 nitrogen and oxygen atoms in total.